The van der Waals surface area contributed by atoms with Gasteiger partial charge in [-0.1, -0.05) is 50.7 Å². The quantitative estimate of drug-likeness (QED) is 0.442. The maximum Gasteiger partial charge on any atom is -0.00504 e. The molecule has 2 saturated carbocycles. The number of hydrogen-bond acceptors (Lipinski definition) is 0. The van der Waals surface area contributed by atoms with Crippen LogP contribution in [-0.2, 0) is 0 Å². The molecule has 0 aromatic rings. The first-order valence-corrected chi connectivity index (χ1v) is 6.07. The fourth-order valence-electron chi connectivity index (χ4n) is 2.82. The van der Waals surface area contributed by atoms with Gasteiger partial charge in [0.15, 0.2) is 0 Å². The Kier molecular flexibility index (Phi) is 2.76. The normalized spacial score (nSPS) is 28.2. The molecule has 0 atom stereocenters. The summed E-state index contributed by atoms with van der Waals surface area (Å²) >= 11 is 0. The van der Waals surface area contributed by atoms with Gasteiger partial charge in [0, 0.05) is 0 Å². The van der Waals surface area contributed by atoms with Crippen LogP contribution in [-0.4, -0.2) is 0 Å². The number of unbranched alkanes of at least 4 members (excludes halogenated alkanes) is 2. The summed E-state index contributed by atoms with van der Waals surface area (Å²) in [6.45, 7) is 2.28. The zero-order valence-corrected chi connectivity index (χ0v) is 8.94. The van der Waals surface area contributed by atoms with E-state index in [0.717, 1.165) is 5.41 Å². The molecule has 0 aromatic carbocycles. The van der Waals surface area contributed by atoms with E-state index < -0.39 is 0 Å². The molecule has 0 aliphatic heterocycles. The molecule has 13 heavy (non-hydrogen) atoms. The third-order valence-electron chi connectivity index (χ3n) is 3.84. The smallest absolute Gasteiger partial charge is 0.00504 e. The summed E-state index contributed by atoms with van der Waals surface area (Å²) in [4.78, 5) is 0. The molecule has 0 unspecified atom stereocenters. The van der Waals surface area contributed by atoms with E-state index in [-0.39, 0.29) is 0 Å². The summed E-state index contributed by atoms with van der Waals surface area (Å²) in [6, 6.07) is 0. The van der Waals surface area contributed by atoms with Gasteiger partial charge < -0.3 is 0 Å². The molecule has 0 heteroatoms. The van der Waals surface area contributed by atoms with Crippen LogP contribution in [0, 0.1) is 5.41 Å². The Hall–Kier alpha value is -0.260. The third kappa shape index (κ3) is 1.98. The second-order valence-corrected chi connectivity index (χ2v) is 4.89. The Bertz CT molecular complexity index is 194. The van der Waals surface area contributed by atoms with Crippen molar-refractivity contribution in [3.8, 4) is 0 Å². The molecule has 2 aliphatic rings. The van der Waals surface area contributed by atoms with Gasteiger partial charge in [0.05, 0.1) is 0 Å². The highest BCUT2D eigenvalue weighted by molar-refractivity contribution is 5.32. The highest BCUT2D eigenvalue weighted by atomic mass is 14.5. The molecule has 0 saturated heterocycles. The van der Waals surface area contributed by atoms with Crippen LogP contribution in [0.4, 0.5) is 0 Å². The first kappa shape index (κ1) is 9.30. The third-order valence-corrected chi connectivity index (χ3v) is 3.84. The molecule has 0 radical (unpaired) electrons. The maximum atomic E-state index is 2.55. The lowest BCUT2D eigenvalue weighted by Crippen LogP contribution is -2.06. The van der Waals surface area contributed by atoms with Gasteiger partial charge in [-0.05, 0) is 31.1 Å². The van der Waals surface area contributed by atoms with Crippen molar-refractivity contribution in [2.45, 2.75) is 64.7 Å². The molecular weight excluding hydrogens is 156 g/mol. The lowest BCUT2D eigenvalue weighted by atomic mass is 9.85. The minimum absolute atomic E-state index is 0.756. The molecule has 0 nitrogen and oxygen atoms in total. The van der Waals surface area contributed by atoms with Crippen molar-refractivity contribution in [3.05, 3.63) is 11.6 Å². The van der Waals surface area contributed by atoms with Crippen molar-refractivity contribution in [3.63, 3.8) is 0 Å². The van der Waals surface area contributed by atoms with E-state index >= 15 is 0 Å². The number of hydrogen-bond donors (Lipinski definition) is 0. The lowest BCUT2D eigenvalue weighted by molar-refractivity contribution is 0.353. The first-order valence-electron chi connectivity index (χ1n) is 6.07. The fourth-order valence-corrected chi connectivity index (χ4v) is 2.82. The molecule has 0 heterocycles. The number of rotatable bonds is 3. The van der Waals surface area contributed by atoms with Gasteiger partial charge in [-0.15, -0.1) is 0 Å². The predicted molar refractivity (Wildman–Crippen MR) is 57.7 cm³/mol. The standard InChI is InChI=1S/C13H22/c1-2-3-5-8-12-11-13(12)9-6-4-7-10-13/h8H,2-7,9-11H2,1H3/b12-8+. The molecular formula is C13H22. The molecule has 2 rings (SSSR count). The van der Waals surface area contributed by atoms with Crippen LogP contribution >= 0.6 is 0 Å². The molecule has 1 spiro atoms. The van der Waals surface area contributed by atoms with Crippen LogP contribution in [0.25, 0.3) is 0 Å². The second kappa shape index (κ2) is 3.86. The number of allylic oxidation sites excluding steroid dienone is 2. The van der Waals surface area contributed by atoms with Crippen molar-refractivity contribution < 1.29 is 0 Å². The molecule has 0 aromatic heterocycles. The monoisotopic (exact) mass is 178 g/mol. The maximum absolute atomic E-state index is 2.55. The Labute approximate surface area is 82.4 Å². The minimum Gasteiger partial charge on any atom is -0.0847 e. The zero-order valence-electron chi connectivity index (χ0n) is 8.94. The van der Waals surface area contributed by atoms with Crippen LogP contribution in [0.1, 0.15) is 64.7 Å². The van der Waals surface area contributed by atoms with E-state index in [1.165, 1.54) is 57.8 Å². The SMILES string of the molecule is CCCC/C=C1\CC12CCCCC2. The minimum atomic E-state index is 0.756. The van der Waals surface area contributed by atoms with E-state index in [2.05, 4.69) is 13.0 Å². The molecule has 74 valence electrons. The van der Waals surface area contributed by atoms with Gasteiger partial charge in [-0.2, -0.15) is 0 Å². The summed E-state index contributed by atoms with van der Waals surface area (Å²) in [6.07, 6.45) is 15.6. The van der Waals surface area contributed by atoms with Crippen molar-refractivity contribution in [1.82, 2.24) is 0 Å². The summed E-state index contributed by atoms with van der Waals surface area (Å²) in [5, 5.41) is 0. The molecule has 2 aliphatic carbocycles. The van der Waals surface area contributed by atoms with Gasteiger partial charge in [0.2, 0.25) is 0 Å². The van der Waals surface area contributed by atoms with Gasteiger partial charge in [-0.25, -0.2) is 0 Å². The summed E-state index contributed by atoms with van der Waals surface area (Å²) in [7, 11) is 0. The van der Waals surface area contributed by atoms with Crippen LogP contribution in [0.3, 0.4) is 0 Å². The summed E-state index contributed by atoms with van der Waals surface area (Å²) in [5.74, 6) is 0. The Morgan fingerprint density at radius 1 is 1.23 bits per heavy atom. The molecule has 0 bridgehead atoms. The van der Waals surface area contributed by atoms with Crippen LogP contribution in [0.15, 0.2) is 11.6 Å². The van der Waals surface area contributed by atoms with E-state index in [9.17, 15) is 0 Å². The average molecular weight is 178 g/mol. The lowest BCUT2D eigenvalue weighted by Gasteiger charge is -2.19. The fraction of sp³-hybridized carbons (Fsp3) is 0.846. The first-order chi connectivity index (χ1) is 6.37. The van der Waals surface area contributed by atoms with Gasteiger partial charge in [0.25, 0.3) is 0 Å². The average Bonchev–Trinajstić information content (AvgIpc) is 2.80. The Balaban J connectivity index is 1.81. The van der Waals surface area contributed by atoms with Crippen molar-refractivity contribution in [1.29, 1.82) is 0 Å². The molecule has 0 amide bonds. The van der Waals surface area contributed by atoms with Gasteiger partial charge in [-0.3, -0.25) is 0 Å². The predicted octanol–water partition coefficient (Wildman–Crippen LogP) is 4.46. The molecule has 2 fully saturated rings. The van der Waals surface area contributed by atoms with Crippen molar-refractivity contribution in [2.24, 2.45) is 5.41 Å². The Morgan fingerprint density at radius 2 is 2.00 bits per heavy atom. The largest absolute Gasteiger partial charge is 0.0847 e. The van der Waals surface area contributed by atoms with Crippen LogP contribution < -0.4 is 0 Å². The van der Waals surface area contributed by atoms with Gasteiger partial charge in [0.1, 0.15) is 0 Å². The van der Waals surface area contributed by atoms with E-state index in [1.807, 2.05) is 5.57 Å². The molecule has 0 N–H and O–H groups in total. The highest BCUT2D eigenvalue weighted by Gasteiger charge is 2.47. The summed E-state index contributed by atoms with van der Waals surface area (Å²) < 4.78 is 0. The van der Waals surface area contributed by atoms with E-state index in [1.54, 1.807) is 0 Å². The van der Waals surface area contributed by atoms with Gasteiger partial charge >= 0.3 is 0 Å². The van der Waals surface area contributed by atoms with Crippen molar-refractivity contribution in [2.75, 3.05) is 0 Å². The Morgan fingerprint density at radius 3 is 2.69 bits per heavy atom. The second-order valence-electron chi connectivity index (χ2n) is 4.89. The van der Waals surface area contributed by atoms with Crippen LogP contribution in [0.5, 0.6) is 0 Å². The summed E-state index contributed by atoms with van der Waals surface area (Å²) in [5.41, 5.74) is 2.58. The van der Waals surface area contributed by atoms with E-state index in [4.69, 9.17) is 0 Å². The zero-order chi connectivity index (χ0) is 9.15. The van der Waals surface area contributed by atoms with Crippen LogP contribution in [0.2, 0.25) is 0 Å². The topological polar surface area (TPSA) is 0 Å². The van der Waals surface area contributed by atoms with E-state index in [0.29, 0.717) is 0 Å². The van der Waals surface area contributed by atoms with Crippen molar-refractivity contribution >= 4 is 0 Å². The highest BCUT2D eigenvalue weighted by Crippen LogP contribution is 2.61.